The second kappa shape index (κ2) is 9.59. The van der Waals surface area contributed by atoms with E-state index in [1.54, 1.807) is 24.1 Å². The van der Waals surface area contributed by atoms with Crippen molar-refractivity contribution >= 4 is 5.91 Å². The number of nitrogens with zero attached hydrogens (tertiary/aromatic N) is 4. The van der Waals surface area contributed by atoms with Crippen molar-refractivity contribution in [2.24, 2.45) is 0 Å². The lowest BCUT2D eigenvalue weighted by Gasteiger charge is -2.16. The van der Waals surface area contributed by atoms with Crippen LogP contribution < -0.4 is 15.7 Å². The van der Waals surface area contributed by atoms with Crippen molar-refractivity contribution in [2.75, 3.05) is 7.11 Å². The van der Waals surface area contributed by atoms with Gasteiger partial charge in [-0.3, -0.25) is 14.3 Å². The average Bonchev–Trinajstić information content (AvgIpc) is 2.95. The minimum absolute atomic E-state index is 0.0180. The maximum absolute atomic E-state index is 12.8. The second-order valence-electron chi connectivity index (χ2n) is 7.77. The quantitative estimate of drug-likeness (QED) is 0.630. The molecule has 3 aromatic rings. The SMILES string of the molecule is COc1ccccc1CCC(=O)NC1CCc2nn(Cc3cccnc3)c(=O)n2CC1. The summed E-state index contributed by atoms with van der Waals surface area (Å²) in [4.78, 5) is 29.3. The molecule has 1 aliphatic rings. The zero-order chi connectivity index (χ0) is 21.6. The van der Waals surface area contributed by atoms with Gasteiger partial charge in [0.05, 0.1) is 13.7 Å². The monoisotopic (exact) mass is 421 g/mol. The summed E-state index contributed by atoms with van der Waals surface area (Å²) in [5, 5.41) is 7.65. The number of pyridine rings is 1. The van der Waals surface area contributed by atoms with Crippen LogP contribution in [0.1, 0.15) is 36.2 Å². The number of aryl methyl sites for hydroxylation is 2. The number of carbonyl (C=O) groups is 1. The molecular formula is C23H27N5O3. The number of rotatable bonds is 7. The van der Waals surface area contributed by atoms with Gasteiger partial charge in [0.15, 0.2) is 0 Å². The predicted molar refractivity (Wildman–Crippen MR) is 116 cm³/mol. The Morgan fingerprint density at radius 2 is 2.10 bits per heavy atom. The summed E-state index contributed by atoms with van der Waals surface area (Å²) < 4.78 is 8.58. The Morgan fingerprint density at radius 1 is 1.23 bits per heavy atom. The molecule has 4 rings (SSSR count). The summed E-state index contributed by atoms with van der Waals surface area (Å²) in [5.74, 6) is 1.60. The Hall–Kier alpha value is -3.42. The van der Waals surface area contributed by atoms with Crippen LogP contribution in [0.2, 0.25) is 0 Å². The zero-order valence-corrected chi connectivity index (χ0v) is 17.7. The van der Waals surface area contributed by atoms with E-state index >= 15 is 0 Å². The number of fused-ring (bicyclic) bond motifs is 1. The number of aromatic nitrogens is 4. The van der Waals surface area contributed by atoms with Crippen LogP contribution in [0.4, 0.5) is 0 Å². The number of nitrogens with one attached hydrogen (secondary N) is 1. The van der Waals surface area contributed by atoms with Crippen LogP contribution in [-0.2, 0) is 30.7 Å². The van der Waals surface area contributed by atoms with Crippen molar-refractivity contribution in [3.8, 4) is 5.75 Å². The smallest absolute Gasteiger partial charge is 0.346 e. The second-order valence-corrected chi connectivity index (χ2v) is 7.77. The fourth-order valence-electron chi connectivity index (χ4n) is 4.00. The van der Waals surface area contributed by atoms with Crippen LogP contribution >= 0.6 is 0 Å². The number of para-hydroxylation sites is 1. The van der Waals surface area contributed by atoms with Gasteiger partial charge in [0.2, 0.25) is 5.91 Å². The highest BCUT2D eigenvalue weighted by molar-refractivity contribution is 5.76. The van der Waals surface area contributed by atoms with Crippen molar-refractivity contribution in [3.63, 3.8) is 0 Å². The molecule has 0 saturated heterocycles. The number of methoxy groups -OCH3 is 1. The number of carbonyl (C=O) groups excluding carboxylic acids is 1. The summed E-state index contributed by atoms with van der Waals surface area (Å²) in [6.07, 6.45) is 6.62. The minimum Gasteiger partial charge on any atom is -0.496 e. The van der Waals surface area contributed by atoms with E-state index in [2.05, 4.69) is 15.4 Å². The maximum Gasteiger partial charge on any atom is 0.346 e. The van der Waals surface area contributed by atoms with Crippen LogP contribution in [0, 0.1) is 0 Å². The Kier molecular flexibility index (Phi) is 6.45. The summed E-state index contributed by atoms with van der Waals surface area (Å²) in [5.41, 5.74) is 1.86. The molecule has 162 valence electrons. The van der Waals surface area contributed by atoms with Crippen LogP contribution in [-0.4, -0.2) is 38.4 Å². The van der Waals surface area contributed by atoms with Gasteiger partial charge in [-0.25, -0.2) is 9.48 Å². The molecule has 8 heteroatoms. The molecule has 2 aromatic heterocycles. The number of ether oxygens (including phenoxy) is 1. The fourth-order valence-corrected chi connectivity index (χ4v) is 4.00. The number of amides is 1. The van der Waals surface area contributed by atoms with E-state index < -0.39 is 0 Å². The standard InChI is InChI=1S/C23H27N5O3/c1-31-20-7-3-2-6-18(20)8-11-22(29)25-19-9-10-21-26-28(23(30)27(21)14-12-19)16-17-5-4-13-24-15-17/h2-7,13,15,19H,8-12,14,16H2,1H3,(H,25,29). The summed E-state index contributed by atoms with van der Waals surface area (Å²) in [6.45, 7) is 0.967. The molecule has 0 bridgehead atoms. The molecule has 1 aromatic carbocycles. The summed E-state index contributed by atoms with van der Waals surface area (Å²) in [6, 6.07) is 11.6. The molecular weight excluding hydrogens is 394 g/mol. The first-order valence-corrected chi connectivity index (χ1v) is 10.6. The molecule has 0 spiro atoms. The first kappa shape index (κ1) is 20.8. The van der Waals surface area contributed by atoms with Crippen LogP contribution in [0.3, 0.4) is 0 Å². The molecule has 0 radical (unpaired) electrons. The van der Waals surface area contributed by atoms with E-state index in [1.807, 2.05) is 36.4 Å². The van der Waals surface area contributed by atoms with E-state index in [4.69, 9.17) is 4.74 Å². The third kappa shape index (κ3) is 5.02. The molecule has 0 fully saturated rings. The van der Waals surface area contributed by atoms with Crippen molar-refractivity contribution < 1.29 is 9.53 Å². The first-order valence-electron chi connectivity index (χ1n) is 10.6. The normalized spacial score (nSPS) is 15.7. The van der Waals surface area contributed by atoms with E-state index in [9.17, 15) is 9.59 Å². The molecule has 1 N–H and O–H groups in total. The molecule has 0 aliphatic carbocycles. The van der Waals surface area contributed by atoms with E-state index in [1.165, 1.54) is 4.68 Å². The lowest BCUT2D eigenvalue weighted by atomic mass is 10.1. The fraction of sp³-hybridized carbons (Fsp3) is 0.391. The van der Waals surface area contributed by atoms with Crippen LogP contribution in [0.5, 0.6) is 5.75 Å². The van der Waals surface area contributed by atoms with Gasteiger partial charge in [0.25, 0.3) is 0 Å². The molecule has 3 heterocycles. The molecule has 31 heavy (non-hydrogen) atoms. The predicted octanol–water partition coefficient (Wildman–Crippen LogP) is 1.95. The number of hydrogen-bond donors (Lipinski definition) is 1. The van der Waals surface area contributed by atoms with Crippen molar-refractivity contribution in [2.45, 2.75) is 51.2 Å². The van der Waals surface area contributed by atoms with Gasteiger partial charge in [0.1, 0.15) is 11.6 Å². The van der Waals surface area contributed by atoms with E-state index in [0.29, 0.717) is 38.8 Å². The van der Waals surface area contributed by atoms with Crippen LogP contribution in [0.15, 0.2) is 53.6 Å². The number of benzene rings is 1. The Balaban J connectivity index is 1.32. The lowest BCUT2D eigenvalue weighted by Crippen LogP contribution is -2.36. The molecule has 0 saturated carbocycles. The summed E-state index contributed by atoms with van der Waals surface area (Å²) in [7, 11) is 1.64. The Labute approximate surface area is 180 Å². The lowest BCUT2D eigenvalue weighted by molar-refractivity contribution is -0.121. The van der Waals surface area contributed by atoms with Crippen molar-refractivity contribution in [1.82, 2.24) is 24.6 Å². The molecule has 1 atom stereocenters. The van der Waals surface area contributed by atoms with Gasteiger partial charge in [-0.15, -0.1) is 0 Å². The maximum atomic E-state index is 12.8. The molecule has 1 amide bonds. The molecule has 8 nitrogen and oxygen atoms in total. The largest absolute Gasteiger partial charge is 0.496 e. The highest BCUT2D eigenvalue weighted by atomic mass is 16.5. The van der Waals surface area contributed by atoms with Gasteiger partial charge in [0, 0.05) is 37.8 Å². The summed E-state index contributed by atoms with van der Waals surface area (Å²) >= 11 is 0. The van der Waals surface area contributed by atoms with Crippen LogP contribution in [0.25, 0.3) is 0 Å². The van der Waals surface area contributed by atoms with Crippen molar-refractivity contribution in [1.29, 1.82) is 0 Å². The number of hydrogen-bond acceptors (Lipinski definition) is 5. The Bertz CT molecular complexity index is 1090. The van der Waals surface area contributed by atoms with E-state index in [0.717, 1.165) is 29.1 Å². The minimum atomic E-state index is -0.109. The first-order chi connectivity index (χ1) is 15.1. The van der Waals surface area contributed by atoms with Gasteiger partial charge in [-0.05, 0) is 42.5 Å². The topological polar surface area (TPSA) is 91.0 Å². The zero-order valence-electron chi connectivity index (χ0n) is 17.7. The van der Waals surface area contributed by atoms with Gasteiger partial charge in [-0.2, -0.15) is 5.10 Å². The highest BCUT2D eigenvalue weighted by Crippen LogP contribution is 2.19. The third-order valence-electron chi connectivity index (χ3n) is 5.65. The van der Waals surface area contributed by atoms with Gasteiger partial charge < -0.3 is 10.1 Å². The third-order valence-corrected chi connectivity index (χ3v) is 5.65. The van der Waals surface area contributed by atoms with Gasteiger partial charge in [-0.1, -0.05) is 24.3 Å². The molecule has 1 unspecified atom stereocenters. The Morgan fingerprint density at radius 3 is 2.90 bits per heavy atom. The average molecular weight is 422 g/mol. The molecule has 1 aliphatic heterocycles. The van der Waals surface area contributed by atoms with Crippen molar-refractivity contribution in [3.05, 3.63) is 76.2 Å². The van der Waals surface area contributed by atoms with E-state index in [-0.39, 0.29) is 17.6 Å². The highest BCUT2D eigenvalue weighted by Gasteiger charge is 2.22. The van der Waals surface area contributed by atoms with Gasteiger partial charge >= 0.3 is 5.69 Å².